The molecule has 0 fully saturated rings. The lowest BCUT2D eigenvalue weighted by molar-refractivity contribution is 0.733. The highest BCUT2D eigenvalue weighted by atomic mass is 15.1. The molecule has 1 aromatic carbocycles. The number of anilines is 1. The molecule has 2 rings (SSSR count). The number of nitrogens with zero attached hydrogens (tertiary/aromatic N) is 1. The Bertz CT molecular complexity index is 374. The van der Waals surface area contributed by atoms with E-state index in [2.05, 4.69) is 67.4 Å². The third-order valence-corrected chi connectivity index (χ3v) is 2.76. The Morgan fingerprint density at radius 2 is 1.87 bits per heavy atom. The highest BCUT2D eigenvalue weighted by Gasteiger charge is 2.11. The van der Waals surface area contributed by atoms with Crippen LogP contribution in [0.25, 0.3) is 0 Å². The summed E-state index contributed by atoms with van der Waals surface area (Å²) in [4.78, 5) is 2.29. The first-order valence-electron chi connectivity index (χ1n) is 5.46. The highest BCUT2D eigenvalue weighted by molar-refractivity contribution is 5.52. The fourth-order valence-corrected chi connectivity index (χ4v) is 1.74. The van der Waals surface area contributed by atoms with Crippen molar-refractivity contribution in [3.63, 3.8) is 0 Å². The van der Waals surface area contributed by atoms with Crippen molar-refractivity contribution in [1.82, 2.24) is 0 Å². The SMILES string of the molecule is CC(C)C1=CC=CN(c2ccccc2)C1. The molecule has 0 N–H and O–H groups in total. The van der Waals surface area contributed by atoms with Crippen LogP contribution in [0.2, 0.25) is 0 Å². The van der Waals surface area contributed by atoms with Crippen LogP contribution in [0.15, 0.2) is 54.3 Å². The summed E-state index contributed by atoms with van der Waals surface area (Å²) in [7, 11) is 0. The van der Waals surface area contributed by atoms with Crippen molar-refractivity contribution in [1.29, 1.82) is 0 Å². The zero-order chi connectivity index (χ0) is 10.7. The topological polar surface area (TPSA) is 3.24 Å². The summed E-state index contributed by atoms with van der Waals surface area (Å²) in [5.74, 6) is 0.626. The van der Waals surface area contributed by atoms with E-state index in [9.17, 15) is 0 Å². The average Bonchev–Trinajstić information content (AvgIpc) is 2.30. The molecular weight excluding hydrogens is 182 g/mol. The number of hydrogen-bond donors (Lipinski definition) is 0. The maximum atomic E-state index is 2.29. The number of benzene rings is 1. The zero-order valence-corrected chi connectivity index (χ0v) is 9.35. The summed E-state index contributed by atoms with van der Waals surface area (Å²) in [6.45, 7) is 5.50. The number of rotatable bonds is 2. The lowest BCUT2D eigenvalue weighted by Gasteiger charge is -2.26. The van der Waals surface area contributed by atoms with Crippen LogP contribution < -0.4 is 4.90 Å². The Morgan fingerprint density at radius 1 is 1.13 bits per heavy atom. The van der Waals surface area contributed by atoms with E-state index in [4.69, 9.17) is 0 Å². The van der Waals surface area contributed by atoms with Gasteiger partial charge in [-0.15, -0.1) is 0 Å². The molecule has 0 bridgehead atoms. The maximum absolute atomic E-state index is 2.29. The summed E-state index contributed by atoms with van der Waals surface area (Å²) in [6, 6.07) is 10.5. The third-order valence-electron chi connectivity index (χ3n) is 2.76. The van der Waals surface area contributed by atoms with E-state index >= 15 is 0 Å². The second kappa shape index (κ2) is 4.35. The van der Waals surface area contributed by atoms with E-state index in [1.807, 2.05) is 0 Å². The van der Waals surface area contributed by atoms with Gasteiger partial charge in [-0.25, -0.2) is 0 Å². The smallest absolute Gasteiger partial charge is 0.0441 e. The van der Waals surface area contributed by atoms with Gasteiger partial charge in [0.05, 0.1) is 0 Å². The molecule has 0 atom stereocenters. The molecule has 1 aliphatic heterocycles. The molecule has 1 heteroatoms. The lowest BCUT2D eigenvalue weighted by atomic mass is 10.0. The quantitative estimate of drug-likeness (QED) is 0.703. The Balaban J connectivity index is 2.16. The summed E-state index contributed by atoms with van der Waals surface area (Å²) < 4.78 is 0. The van der Waals surface area contributed by atoms with Crippen molar-refractivity contribution in [2.24, 2.45) is 5.92 Å². The molecule has 15 heavy (non-hydrogen) atoms. The first-order chi connectivity index (χ1) is 7.27. The largest absolute Gasteiger partial charge is 0.344 e. The molecule has 0 spiro atoms. The number of allylic oxidation sites excluding steroid dienone is 2. The van der Waals surface area contributed by atoms with Gasteiger partial charge in [0.1, 0.15) is 0 Å². The molecule has 0 aromatic heterocycles. The number of para-hydroxylation sites is 1. The lowest BCUT2D eigenvalue weighted by Crippen LogP contribution is -2.23. The van der Waals surface area contributed by atoms with Gasteiger partial charge < -0.3 is 4.90 Å². The van der Waals surface area contributed by atoms with Crippen LogP contribution in [0.1, 0.15) is 13.8 Å². The molecule has 0 saturated carbocycles. The summed E-state index contributed by atoms with van der Waals surface area (Å²) >= 11 is 0. The monoisotopic (exact) mass is 199 g/mol. The van der Waals surface area contributed by atoms with Gasteiger partial charge in [0.25, 0.3) is 0 Å². The second-order valence-electron chi connectivity index (χ2n) is 4.20. The second-order valence-corrected chi connectivity index (χ2v) is 4.20. The van der Waals surface area contributed by atoms with Crippen molar-refractivity contribution < 1.29 is 0 Å². The van der Waals surface area contributed by atoms with Gasteiger partial charge in [0, 0.05) is 18.4 Å². The third kappa shape index (κ3) is 2.30. The Labute approximate surface area is 91.7 Å². The van der Waals surface area contributed by atoms with Crippen LogP contribution in [0.4, 0.5) is 5.69 Å². The first kappa shape index (κ1) is 10.0. The molecule has 1 nitrogen and oxygen atoms in total. The minimum atomic E-state index is 0.626. The Hall–Kier alpha value is -1.50. The van der Waals surface area contributed by atoms with Gasteiger partial charge in [-0.1, -0.05) is 38.1 Å². The molecule has 0 amide bonds. The van der Waals surface area contributed by atoms with E-state index < -0.39 is 0 Å². The Morgan fingerprint density at radius 3 is 2.53 bits per heavy atom. The molecule has 78 valence electrons. The maximum Gasteiger partial charge on any atom is 0.0441 e. The first-order valence-corrected chi connectivity index (χ1v) is 5.46. The van der Waals surface area contributed by atoms with E-state index in [0.29, 0.717) is 5.92 Å². The molecule has 0 aliphatic carbocycles. The predicted octanol–water partition coefficient (Wildman–Crippen LogP) is 3.60. The van der Waals surface area contributed by atoms with Crippen LogP contribution in [0.5, 0.6) is 0 Å². The van der Waals surface area contributed by atoms with Crippen LogP contribution in [0.3, 0.4) is 0 Å². The number of hydrogen-bond acceptors (Lipinski definition) is 1. The minimum absolute atomic E-state index is 0.626. The van der Waals surface area contributed by atoms with Crippen LogP contribution in [0, 0.1) is 5.92 Å². The van der Waals surface area contributed by atoms with E-state index in [0.717, 1.165) is 6.54 Å². The van der Waals surface area contributed by atoms with Crippen molar-refractivity contribution in [3.05, 3.63) is 54.3 Å². The van der Waals surface area contributed by atoms with E-state index in [1.165, 1.54) is 11.3 Å². The summed E-state index contributed by atoms with van der Waals surface area (Å²) in [6.07, 6.45) is 6.50. The minimum Gasteiger partial charge on any atom is -0.344 e. The van der Waals surface area contributed by atoms with Gasteiger partial charge in [0.15, 0.2) is 0 Å². The van der Waals surface area contributed by atoms with Gasteiger partial charge in [-0.05, 0) is 29.7 Å². The van der Waals surface area contributed by atoms with Gasteiger partial charge in [0.2, 0.25) is 0 Å². The van der Waals surface area contributed by atoms with E-state index in [1.54, 1.807) is 0 Å². The fourth-order valence-electron chi connectivity index (χ4n) is 1.74. The molecule has 1 aliphatic rings. The van der Waals surface area contributed by atoms with Gasteiger partial charge in [-0.2, -0.15) is 0 Å². The van der Waals surface area contributed by atoms with Crippen molar-refractivity contribution in [2.75, 3.05) is 11.4 Å². The molecular formula is C14H17N. The normalized spacial score (nSPS) is 15.7. The molecule has 0 saturated heterocycles. The summed E-state index contributed by atoms with van der Waals surface area (Å²) in [5, 5.41) is 0. The molecule has 1 aromatic rings. The van der Waals surface area contributed by atoms with Crippen molar-refractivity contribution >= 4 is 5.69 Å². The average molecular weight is 199 g/mol. The van der Waals surface area contributed by atoms with Gasteiger partial charge in [-0.3, -0.25) is 0 Å². The standard InChI is InChI=1S/C14H17N/c1-12(2)13-7-6-10-15(11-13)14-8-4-3-5-9-14/h3-10,12H,11H2,1-2H3. The Kier molecular flexibility index (Phi) is 2.91. The van der Waals surface area contributed by atoms with Crippen molar-refractivity contribution in [2.45, 2.75) is 13.8 Å². The van der Waals surface area contributed by atoms with Crippen molar-refractivity contribution in [3.8, 4) is 0 Å². The van der Waals surface area contributed by atoms with Crippen LogP contribution in [-0.4, -0.2) is 6.54 Å². The molecule has 0 unspecified atom stereocenters. The fraction of sp³-hybridized carbons (Fsp3) is 0.286. The van der Waals surface area contributed by atoms with Crippen LogP contribution in [-0.2, 0) is 0 Å². The predicted molar refractivity (Wildman–Crippen MR) is 65.8 cm³/mol. The van der Waals surface area contributed by atoms with Crippen LogP contribution >= 0.6 is 0 Å². The summed E-state index contributed by atoms with van der Waals surface area (Å²) in [5.41, 5.74) is 2.75. The zero-order valence-electron chi connectivity index (χ0n) is 9.35. The molecule has 0 radical (unpaired) electrons. The van der Waals surface area contributed by atoms with Gasteiger partial charge >= 0.3 is 0 Å². The van der Waals surface area contributed by atoms with E-state index in [-0.39, 0.29) is 0 Å². The molecule has 1 heterocycles. The highest BCUT2D eigenvalue weighted by Crippen LogP contribution is 2.21.